The van der Waals surface area contributed by atoms with E-state index < -0.39 is 12.2 Å². The van der Waals surface area contributed by atoms with Gasteiger partial charge in [-0.05, 0) is 53.4 Å². The average molecular weight is 395 g/mol. The minimum Gasteiger partial charge on any atom is -0.497 e. The summed E-state index contributed by atoms with van der Waals surface area (Å²) in [4.78, 5) is 16.2. The molecule has 0 spiro atoms. The maximum atomic E-state index is 12.0. The lowest BCUT2D eigenvalue weighted by Gasteiger charge is -2.18. The van der Waals surface area contributed by atoms with Gasteiger partial charge < -0.3 is 14.8 Å². The van der Waals surface area contributed by atoms with Crippen LogP contribution in [0.15, 0.2) is 66.9 Å². The van der Waals surface area contributed by atoms with Crippen LogP contribution in [0.2, 0.25) is 0 Å². The normalized spacial score (nSPS) is 17.1. The third kappa shape index (κ3) is 4.09. The molecule has 1 aliphatic heterocycles. The number of ether oxygens (including phenoxy) is 2. The summed E-state index contributed by atoms with van der Waals surface area (Å²) in [6, 6.07) is 20.0. The van der Waals surface area contributed by atoms with Crippen LogP contribution in [0.1, 0.15) is 40.1 Å². The van der Waals surface area contributed by atoms with Crippen molar-refractivity contribution >= 4 is 6.09 Å². The number of carbonyl (C=O) groups is 1. The summed E-state index contributed by atoms with van der Waals surface area (Å²) in [5.74, 6) is 6.73. The fourth-order valence-corrected chi connectivity index (χ4v) is 3.27. The highest BCUT2D eigenvalue weighted by Crippen LogP contribution is 2.37. The van der Waals surface area contributed by atoms with E-state index in [9.17, 15) is 4.79 Å². The molecule has 1 aliphatic rings. The molecule has 3 aromatic rings. The van der Waals surface area contributed by atoms with Gasteiger partial charge in [0.15, 0.2) is 6.10 Å². The molecule has 1 fully saturated rings. The quantitative estimate of drug-likeness (QED) is 0.681. The van der Waals surface area contributed by atoms with E-state index >= 15 is 0 Å². The fraction of sp³-hybridized carbons (Fsp3) is 0.125. The molecule has 6 nitrogen and oxygen atoms in total. The summed E-state index contributed by atoms with van der Waals surface area (Å²) < 4.78 is 10.8. The third-order valence-electron chi connectivity index (χ3n) is 4.70. The number of amides is 1. The molecular formula is C24H17N3O3. The van der Waals surface area contributed by atoms with Gasteiger partial charge in [0.1, 0.15) is 11.4 Å². The number of carbonyl (C=O) groups excluding carboxylic acids is 1. The number of nitriles is 1. The van der Waals surface area contributed by atoms with Crippen molar-refractivity contribution in [2.24, 2.45) is 0 Å². The van der Waals surface area contributed by atoms with Gasteiger partial charge in [0, 0.05) is 11.8 Å². The van der Waals surface area contributed by atoms with E-state index in [4.69, 9.17) is 14.7 Å². The van der Waals surface area contributed by atoms with Gasteiger partial charge in [0.25, 0.3) is 0 Å². The standard InChI is InChI=1S/C24H17N3O3/c1-29-21-7-3-6-19(14-21)23-22(27-24(28)30-23)18-5-2-4-16(12-18)8-9-20-13-17(15-25)10-11-26-20/h2-7,10-14,22-23H,1H3,(H,27,28)/t22-,23?/m1/s1. The van der Waals surface area contributed by atoms with Crippen LogP contribution in [0.25, 0.3) is 0 Å². The topological polar surface area (TPSA) is 84.2 Å². The maximum Gasteiger partial charge on any atom is 0.408 e. The molecule has 2 atom stereocenters. The summed E-state index contributed by atoms with van der Waals surface area (Å²) in [7, 11) is 1.60. The Kier molecular flexibility index (Phi) is 5.32. The molecule has 1 aromatic heterocycles. The highest BCUT2D eigenvalue weighted by molar-refractivity contribution is 5.71. The van der Waals surface area contributed by atoms with Crippen molar-refractivity contribution in [1.82, 2.24) is 10.3 Å². The summed E-state index contributed by atoms with van der Waals surface area (Å²) in [5.41, 5.74) is 3.51. The first-order valence-electron chi connectivity index (χ1n) is 9.25. The molecule has 0 aliphatic carbocycles. The maximum absolute atomic E-state index is 12.0. The van der Waals surface area contributed by atoms with Crippen molar-refractivity contribution in [3.05, 3.63) is 94.8 Å². The van der Waals surface area contributed by atoms with Crippen LogP contribution in [0, 0.1) is 23.2 Å². The monoisotopic (exact) mass is 395 g/mol. The number of aromatic nitrogens is 1. The second-order valence-corrected chi connectivity index (χ2v) is 6.64. The van der Waals surface area contributed by atoms with Gasteiger partial charge in [-0.3, -0.25) is 0 Å². The first kappa shape index (κ1) is 19.0. The van der Waals surface area contributed by atoms with Crippen LogP contribution < -0.4 is 10.1 Å². The van der Waals surface area contributed by atoms with Gasteiger partial charge in [-0.2, -0.15) is 5.26 Å². The minimum atomic E-state index is -0.482. The number of pyridine rings is 1. The molecule has 0 saturated carbocycles. The first-order chi connectivity index (χ1) is 14.7. The van der Waals surface area contributed by atoms with Crippen molar-refractivity contribution in [2.45, 2.75) is 12.1 Å². The molecule has 1 N–H and O–H groups in total. The minimum absolute atomic E-state index is 0.355. The Morgan fingerprint density at radius 3 is 2.70 bits per heavy atom. The Hall–Kier alpha value is -4.29. The summed E-state index contributed by atoms with van der Waals surface area (Å²) in [6.07, 6.45) is 0.606. The zero-order valence-electron chi connectivity index (χ0n) is 16.1. The predicted molar refractivity (Wildman–Crippen MR) is 109 cm³/mol. The number of hydrogen-bond donors (Lipinski definition) is 1. The molecule has 146 valence electrons. The molecule has 0 radical (unpaired) electrons. The molecule has 2 heterocycles. The molecule has 2 aromatic carbocycles. The lowest BCUT2D eigenvalue weighted by atomic mass is 9.95. The fourth-order valence-electron chi connectivity index (χ4n) is 3.27. The van der Waals surface area contributed by atoms with Gasteiger partial charge in [0.05, 0.1) is 24.8 Å². The van der Waals surface area contributed by atoms with Crippen molar-refractivity contribution in [1.29, 1.82) is 5.26 Å². The van der Waals surface area contributed by atoms with E-state index in [1.165, 1.54) is 0 Å². The van der Waals surface area contributed by atoms with E-state index in [2.05, 4.69) is 28.2 Å². The van der Waals surface area contributed by atoms with Gasteiger partial charge in [-0.25, -0.2) is 9.78 Å². The first-order valence-corrected chi connectivity index (χ1v) is 9.25. The van der Waals surface area contributed by atoms with Crippen molar-refractivity contribution < 1.29 is 14.3 Å². The van der Waals surface area contributed by atoms with E-state index in [1.807, 2.05) is 48.5 Å². The highest BCUT2D eigenvalue weighted by Gasteiger charge is 2.36. The lowest BCUT2D eigenvalue weighted by Crippen LogP contribution is -2.19. The molecule has 1 saturated heterocycles. The SMILES string of the molecule is COc1cccc(C2OC(=O)N[C@@H]2c2cccc(C#Cc3cc(C#N)ccn3)c2)c1. The smallest absolute Gasteiger partial charge is 0.408 e. The van der Waals surface area contributed by atoms with Crippen LogP contribution >= 0.6 is 0 Å². The van der Waals surface area contributed by atoms with Crippen LogP contribution in [0.5, 0.6) is 5.75 Å². The van der Waals surface area contributed by atoms with Crippen LogP contribution in [-0.4, -0.2) is 18.2 Å². The number of hydrogen-bond acceptors (Lipinski definition) is 5. The number of alkyl carbamates (subject to hydrolysis) is 1. The van der Waals surface area contributed by atoms with Crippen LogP contribution in [0.3, 0.4) is 0 Å². The zero-order chi connectivity index (χ0) is 20.9. The zero-order valence-corrected chi connectivity index (χ0v) is 16.1. The van der Waals surface area contributed by atoms with E-state index in [0.717, 1.165) is 16.7 Å². The van der Waals surface area contributed by atoms with Crippen molar-refractivity contribution in [3.63, 3.8) is 0 Å². The summed E-state index contributed by atoms with van der Waals surface area (Å²) in [5, 5.41) is 11.9. The van der Waals surface area contributed by atoms with Crippen LogP contribution in [-0.2, 0) is 4.74 Å². The molecule has 4 rings (SSSR count). The summed E-state index contributed by atoms with van der Waals surface area (Å²) in [6.45, 7) is 0. The molecule has 30 heavy (non-hydrogen) atoms. The number of nitrogens with one attached hydrogen (secondary N) is 1. The Balaban J connectivity index is 1.63. The Morgan fingerprint density at radius 1 is 1.03 bits per heavy atom. The Morgan fingerprint density at radius 2 is 1.87 bits per heavy atom. The average Bonchev–Trinajstić information content (AvgIpc) is 3.20. The molecule has 1 amide bonds. The van der Waals surface area contributed by atoms with Gasteiger partial charge in [-0.15, -0.1) is 0 Å². The number of rotatable bonds is 3. The molecule has 1 unspecified atom stereocenters. The molecule has 6 heteroatoms. The highest BCUT2D eigenvalue weighted by atomic mass is 16.6. The van der Waals surface area contributed by atoms with E-state index in [0.29, 0.717) is 17.0 Å². The number of cyclic esters (lactones) is 1. The van der Waals surface area contributed by atoms with E-state index in [-0.39, 0.29) is 6.04 Å². The van der Waals surface area contributed by atoms with Crippen molar-refractivity contribution in [2.75, 3.05) is 7.11 Å². The number of benzene rings is 2. The van der Waals surface area contributed by atoms with E-state index in [1.54, 1.807) is 25.4 Å². The van der Waals surface area contributed by atoms with Crippen molar-refractivity contribution in [3.8, 4) is 23.7 Å². The Labute approximate surface area is 174 Å². The molecular weight excluding hydrogens is 378 g/mol. The third-order valence-corrected chi connectivity index (χ3v) is 4.70. The summed E-state index contributed by atoms with van der Waals surface area (Å²) >= 11 is 0. The number of nitrogens with zero attached hydrogens (tertiary/aromatic N) is 2. The second kappa shape index (κ2) is 8.38. The largest absolute Gasteiger partial charge is 0.497 e. The molecule has 0 bridgehead atoms. The Bertz CT molecular complexity index is 1200. The van der Waals surface area contributed by atoms with Gasteiger partial charge in [0.2, 0.25) is 0 Å². The van der Waals surface area contributed by atoms with Crippen LogP contribution in [0.4, 0.5) is 4.79 Å². The van der Waals surface area contributed by atoms with Gasteiger partial charge >= 0.3 is 6.09 Å². The second-order valence-electron chi connectivity index (χ2n) is 6.64. The number of methoxy groups -OCH3 is 1. The lowest BCUT2D eigenvalue weighted by molar-refractivity contribution is 0.132. The predicted octanol–water partition coefficient (Wildman–Crippen LogP) is 3.88. The van der Waals surface area contributed by atoms with Gasteiger partial charge in [-0.1, -0.05) is 30.2 Å².